The molecule has 0 aliphatic rings. The molecule has 0 aliphatic carbocycles. The van der Waals surface area contributed by atoms with Crippen molar-refractivity contribution in [2.24, 2.45) is 11.0 Å². The predicted molar refractivity (Wildman–Crippen MR) is 96.3 cm³/mol. The third-order valence-electron chi connectivity index (χ3n) is 3.60. The fourth-order valence-corrected chi connectivity index (χ4v) is 2.21. The highest BCUT2D eigenvalue weighted by atomic mass is 19.1. The Morgan fingerprint density at radius 3 is 2.46 bits per heavy atom. The molecule has 0 spiro atoms. The van der Waals surface area contributed by atoms with Gasteiger partial charge >= 0.3 is 0 Å². The molecule has 6 nitrogen and oxygen atoms in total. The quantitative estimate of drug-likeness (QED) is 0.548. The van der Waals surface area contributed by atoms with Gasteiger partial charge in [0.1, 0.15) is 17.6 Å². The average Bonchev–Trinajstić information content (AvgIpc) is 2.59. The summed E-state index contributed by atoms with van der Waals surface area (Å²) >= 11 is 0. The van der Waals surface area contributed by atoms with Crippen LogP contribution in [0.1, 0.15) is 29.8 Å². The first kappa shape index (κ1) is 19.1. The molecule has 26 heavy (non-hydrogen) atoms. The number of amides is 2. The van der Waals surface area contributed by atoms with Crippen molar-refractivity contribution in [3.8, 4) is 5.75 Å². The summed E-state index contributed by atoms with van der Waals surface area (Å²) in [4.78, 5) is 24.5. The van der Waals surface area contributed by atoms with Gasteiger partial charge in [-0.2, -0.15) is 5.10 Å². The first-order valence-electron chi connectivity index (χ1n) is 8.05. The number of carbonyl (C=O) groups is 2. The Labute approximate surface area is 150 Å². The minimum absolute atomic E-state index is 0.0897. The van der Waals surface area contributed by atoms with Gasteiger partial charge < -0.3 is 10.4 Å². The van der Waals surface area contributed by atoms with Gasteiger partial charge in [0.05, 0.1) is 6.21 Å². The van der Waals surface area contributed by atoms with E-state index in [4.69, 9.17) is 0 Å². The number of aromatic hydroxyl groups is 1. The van der Waals surface area contributed by atoms with E-state index in [0.717, 1.165) is 0 Å². The molecule has 3 N–H and O–H groups in total. The summed E-state index contributed by atoms with van der Waals surface area (Å²) in [5.41, 5.74) is 3.24. The van der Waals surface area contributed by atoms with Crippen LogP contribution in [0.15, 0.2) is 53.6 Å². The van der Waals surface area contributed by atoms with Crippen molar-refractivity contribution in [1.29, 1.82) is 0 Å². The molecule has 0 fully saturated rings. The van der Waals surface area contributed by atoms with E-state index in [9.17, 15) is 19.1 Å². The number of halogens is 1. The third-order valence-corrected chi connectivity index (χ3v) is 3.60. The molecule has 2 rings (SSSR count). The zero-order chi connectivity index (χ0) is 19.1. The lowest BCUT2D eigenvalue weighted by atomic mass is 10.0. The molecule has 0 bridgehead atoms. The number of phenolic OH excluding ortho intramolecular Hbond substituents is 1. The Kier molecular flexibility index (Phi) is 6.43. The average molecular weight is 357 g/mol. The van der Waals surface area contributed by atoms with Gasteiger partial charge in [-0.25, -0.2) is 9.82 Å². The van der Waals surface area contributed by atoms with Crippen molar-refractivity contribution in [2.45, 2.75) is 19.9 Å². The van der Waals surface area contributed by atoms with E-state index < -0.39 is 23.7 Å². The molecule has 1 atom stereocenters. The van der Waals surface area contributed by atoms with E-state index in [1.165, 1.54) is 42.6 Å². The van der Waals surface area contributed by atoms with Crippen LogP contribution in [0, 0.1) is 11.7 Å². The van der Waals surface area contributed by atoms with Gasteiger partial charge in [-0.1, -0.05) is 26.0 Å². The highest BCUT2D eigenvalue weighted by molar-refractivity contribution is 5.97. The number of hydrogen-bond donors (Lipinski definition) is 3. The Hall–Kier alpha value is -3.22. The summed E-state index contributed by atoms with van der Waals surface area (Å²) < 4.78 is 12.9. The Bertz CT molecular complexity index is 804. The van der Waals surface area contributed by atoms with E-state index in [0.29, 0.717) is 5.56 Å². The highest BCUT2D eigenvalue weighted by Gasteiger charge is 2.24. The van der Waals surface area contributed by atoms with Crippen LogP contribution in [0.3, 0.4) is 0 Å². The zero-order valence-corrected chi connectivity index (χ0v) is 14.4. The molecular weight excluding hydrogens is 337 g/mol. The van der Waals surface area contributed by atoms with Gasteiger partial charge in [-0.15, -0.1) is 0 Å². The van der Waals surface area contributed by atoms with E-state index >= 15 is 0 Å². The minimum Gasteiger partial charge on any atom is -0.508 e. The first-order chi connectivity index (χ1) is 12.4. The second kappa shape index (κ2) is 8.75. The summed E-state index contributed by atoms with van der Waals surface area (Å²) in [7, 11) is 0. The van der Waals surface area contributed by atoms with Crippen molar-refractivity contribution in [2.75, 3.05) is 0 Å². The van der Waals surface area contributed by atoms with Crippen molar-refractivity contribution < 1.29 is 19.1 Å². The number of carbonyl (C=O) groups excluding carboxylic acids is 2. The molecule has 136 valence electrons. The van der Waals surface area contributed by atoms with Crippen molar-refractivity contribution >= 4 is 18.0 Å². The lowest BCUT2D eigenvalue weighted by Gasteiger charge is -2.20. The standard InChI is InChI=1S/C19H20FN3O3/c1-12(2)17(22-18(25)14-6-8-15(20)9-7-14)19(26)23-21-11-13-4-3-5-16(24)10-13/h3-12,17,24H,1-2H3,(H,22,25)(H,23,26)/b21-11+. The number of nitrogens with zero attached hydrogens (tertiary/aromatic N) is 1. The van der Waals surface area contributed by atoms with Crippen LogP contribution in [0.25, 0.3) is 0 Å². The van der Waals surface area contributed by atoms with Gasteiger partial charge in [0.2, 0.25) is 0 Å². The van der Waals surface area contributed by atoms with Gasteiger partial charge in [0, 0.05) is 5.56 Å². The molecule has 0 saturated carbocycles. The molecule has 2 amide bonds. The lowest BCUT2D eigenvalue weighted by Crippen LogP contribution is -2.48. The summed E-state index contributed by atoms with van der Waals surface area (Å²) in [6.07, 6.45) is 1.39. The molecule has 0 aliphatic heterocycles. The highest BCUT2D eigenvalue weighted by Crippen LogP contribution is 2.09. The van der Waals surface area contributed by atoms with Crippen LogP contribution < -0.4 is 10.7 Å². The molecular formula is C19H20FN3O3. The zero-order valence-electron chi connectivity index (χ0n) is 14.4. The van der Waals surface area contributed by atoms with E-state index in [1.807, 2.05) is 0 Å². The largest absolute Gasteiger partial charge is 0.508 e. The number of phenols is 1. The smallest absolute Gasteiger partial charge is 0.262 e. The van der Waals surface area contributed by atoms with Crippen LogP contribution in [0.5, 0.6) is 5.75 Å². The van der Waals surface area contributed by atoms with E-state index in [-0.39, 0.29) is 17.2 Å². The SMILES string of the molecule is CC(C)C(NC(=O)c1ccc(F)cc1)C(=O)N/N=C/c1cccc(O)c1. The first-order valence-corrected chi connectivity index (χ1v) is 8.05. The van der Waals surface area contributed by atoms with Gasteiger partial charge in [-0.05, 0) is 47.9 Å². The molecule has 2 aromatic carbocycles. The van der Waals surface area contributed by atoms with Crippen LogP contribution >= 0.6 is 0 Å². The number of hydrazone groups is 1. The summed E-state index contributed by atoms with van der Waals surface area (Å²) in [6.45, 7) is 3.57. The number of hydrogen-bond acceptors (Lipinski definition) is 4. The van der Waals surface area contributed by atoms with Gasteiger partial charge in [0.25, 0.3) is 11.8 Å². The maximum absolute atomic E-state index is 12.9. The second-order valence-corrected chi connectivity index (χ2v) is 6.03. The molecule has 0 heterocycles. The number of nitrogens with one attached hydrogen (secondary N) is 2. The molecule has 7 heteroatoms. The summed E-state index contributed by atoms with van der Waals surface area (Å²) in [5.74, 6) is -1.49. The van der Waals surface area contributed by atoms with Gasteiger partial charge in [0.15, 0.2) is 0 Å². The minimum atomic E-state index is -0.811. The fourth-order valence-electron chi connectivity index (χ4n) is 2.21. The number of benzene rings is 2. The predicted octanol–water partition coefficient (Wildman–Crippen LogP) is 2.44. The maximum Gasteiger partial charge on any atom is 0.262 e. The Morgan fingerprint density at radius 2 is 1.85 bits per heavy atom. The van der Waals surface area contributed by atoms with Crippen LogP contribution in [-0.2, 0) is 4.79 Å². The fraction of sp³-hybridized carbons (Fsp3) is 0.211. The van der Waals surface area contributed by atoms with Gasteiger partial charge in [-0.3, -0.25) is 9.59 Å². The molecule has 2 aromatic rings. The normalized spacial score (nSPS) is 12.2. The van der Waals surface area contributed by atoms with Crippen molar-refractivity contribution in [3.05, 3.63) is 65.5 Å². The molecule has 0 radical (unpaired) electrons. The monoisotopic (exact) mass is 357 g/mol. The van der Waals surface area contributed by atoms with Crippen LogP contribution in [-0.4, -0.2) is 29.2 Å². The van der Waals surface area contributed by atoms with E-state index in [1.54, 1.807) is 26.0 Å². The second-order valence-electron chi connectivity index (χ2n) is 6.03. The Morgan fingerprint density at radius 1 is 1.15 bits per heavy atom. The van der Waals surface area contributed by atoms with Crippen LogP contribution in [0.4, 0.5) is 4.39 Å². The number of rotatable bonds is 6. The maximum atomic E-state index is 12.9. The molecule has 1 unspecified atom stereocenters. The third kappa shape index (κ3) is 5.41. The molecule has 0 saturated heterocycles. The Balaban J connectivity index is 2.00. The van der Waals surface area contributed by atoms with Crippen LogP contribution in [0.2, 0.25) is 0 Å². The summed E-state index contributed by atoms with van der Waals surface area (Å²) in [6, 6.07) is 10.6. The topological polar surface area (TPSA) is 90.8 Å². The molecule has 0 aromatic heterocycles. The lowest BCUT2D eigenvalue weighted by molar-refractivity contribution is -0.123. The van der Waals surface area contributed by atoms with Crippen molar-refractivity contribution in [3.63, 3.8) is 0 Å². The van der Waals surface area contributed by atoms with Crippen molar-refractivity contribution in [1.82, 2.24) is 10.7 Å². The van der Waals surface area contributed by atoms with E-state index in [2.05, 4.69) is 15.8 Å². The summed E-state index contributed by atoms with van der Waals surface area (Å²) in [5, 5.41) is 15.9.